The SMILES string of the molecule is O=C(S)c1cc(O)c(O)c(O)c1.[Cl-].[K+]. The van der Waals surface area contributed by atoms with Crippen LogP contribution >= 0.6 is 12.6 Å². The third kappa shape index (κ3) is 3.97. The second kappa shape index (κ2) is 6.94. The largest absolute Gasteiger partial charge is 1.00 e. The van der Waals surface area contributed by atoms with Gasteiger partial charge in [0.2, 0.25) is 5.12 Å². The second-order valence-electron chi connectivity index (χ2n) is 2.17. The van der Waals surface area contributed by atoms with E-state index >= 15 is 0 Å². The van der Waals surface area contributed by atoms with Gasteiger partial charge in [-0.05, 0) is 12.1 Å². The summed E-state index contributed by atoms with van der Waals surface area (Å²) in [6, 6.07) is 2.04. The first-order valence-electron chi connectivity index (χ1n) is 3.00. The monoisotopic (exact) mass is 260 g/mol. The van der Waals surface area contributed by atoms with E-state index in [1.807, 2.05) is 0 Å². The Morgan fingerprint density at radius 1 is 1.14 bits per heavy atom. The van der Waals surface area contributed by atoms with Crippen molar-refractivity contribution in [3.63, 3.8) is 0 Å². The summed E-state index contributed by atoms with van der Waals surface area (Å²) >= 11 is 3.47. The van der Waals surface area contributed by atoms with Crippen LogP contribution in [-0.2, 0) is 0 Å². The quantitative estimate of drug-likeness (QED) is 0.232. The molecule has 14 heavy (non-hydrogen) atoms. The number of benzene rings is 1. The molecule has 3 N–H and O–H groups in total. The van der Waals surface area contributed by atoms with Gasteiger partial charge in [0, 0.05) is 5.56 Å². The fraction of sp³-hybridized carbons (Fsp3) is 0. The number of aromatic hydroxyl groups is 3. The first kappa shape index (κ1) is 17.0. The molecule has 0 spiro atoms. The maximum Gasteiger partial charge on any atom is 1.00 e. The van der Waals surface area contributed by atoms with E-state index in [-0.39, 0.29) is 69.4 Å². The Kier molecular flexibility index (Phi) is 8.42. The number of hydrogen-bond donors (Lipinski definition) is 4. The van der Waals surface area contributed by atoms with Crippen LogP contribution in [0.1, 0.15) is 10.4 Å². The van der Waals surface area contributed by atoms with Crippen molar-refractivity contribution in [1.82, 2.24) is 0 Å². The Balaban J connectivity index is 0. The molecule has 0 unspecified atom stereocenters. The molecule has 0 aromatic heterocycles. The van der Waals surface area contributed by atoms with Crippen LogP contribution in [0.2, 0.25) is 0 Å². The van der Waals surface area contributed by atoms with Crippen molar-refractivity contribution >= 4 is 17.7 Å². The van der Waals surface area contributed by atoms with Crippen LogP contribution in [0.3, 0.4) is 0 Å². The molecule has 0 aliphatic rings. The number of phenols is 3. The minimum atomic E-state index is -0.645. The molecule has 0 aliphatic heterocycles. The van der Waals surface area contributed by atoms with Crippen LogP contribution in [0.5, 0.6) is 17.2 Å². The van der Waals surface area contributed by atoms with Crippen molar-refractivity contribution in [3.8, 4) is 17.2 Å². The Morgan fingerprint density at radius 3 is 1.79 bits per heavy atom. The molecule has 0 amide bonds. The van der Waals surface area contributed by atoms with Crippen molar-refractivity contribution in [1.29, 1.82) is 0 Å². The summed E-state index contributed by atoms with van der Waals surface area (Å²) in [6.45, 7) is 0. The van der Waals surface area contributed by atoms with Crippen molar-refractivity contribution in [2.75, 3.05) is 0 Å². The summed E-state index contributed by atoms with van der Waals surface area (Å²) in [5.74, 6) is -1.74. The van der Waals surface area contributed by atoms with Crippen LogP contribution in [0.25, 0.3) is 0 Å². The molecule has 0 saturated heterocycles. The second-order valence-corrected chi connectivity index (χ2v) is 2.57. The van der Waals surface area contributed by atoms with Crippen molar-refractivity contribution in [2.45, 2.75) is 0 Å². The smallest absolute Gasteiger partial charge is 1.00 e. The van der Waals surface area contributed by atoms with Gasteiger partial charge in [0.25, 0.3) is 0 Å². The summed E-state index contributed by atoms with van der Waals surface area (Å²) in [4.78, 5) is 10.6. The van der Waals surface area contributed by atoms with Gasteiger partial charge >= 0.3 is 51.4 Å². The zero-order chi connectivity index (χ0) is 9.30. The average Bonchev–Trinajstić information content (AvgIpc) is 1.99. The minimum Gasteiger partial charge on any atom is -1.00 e. The molecule has 1 aromatic rings. The number of phenolic OH excluding ortho intramolecular Hbond substituents is 3. The molecule has 0 saturated carbocycles. The van der Waals surface area contributed by atoms with E-state index in [9.17, 15) is 4.79 Å². The Labute approximate surface area is 135 Å². The average molecular weight is 261 g/mol. The Bertz CT molecular complexity index is 321. The van der Waals surface area contributed by atoms with E-state index < -0.39 is 22.4 Å². The van der Waals surface area contributed by atoms with Gasteiger partial charge in [-0.2, -0.15) is 0 Å². The molecule has 0 atom stereocenters. The Morgan fingerprint density at radius 2 is 1.50 bits per heavy atom. The van der Waals surface area contributed by atoms with E-state index in [4.69, 9.17) is 15.3 Å². The number of halogens is 1. The molecule has 0 aliphatic carbocycles. The zero-order valence-electron chi connectivity index (χ0n) is 7.23. The number of hydrogen-bond acceptors (Lipinski definition) is 4. The molecule has 1 aromatic carbocycles. The zero-order valence-corrected chi connectivity index (χ0v) is 12.0. The number of carbonyl (C=O) groups excluding carboxylic acids is 1. The van der Waals surface area contributed by atoms with Crippen LogP contribution in [0.15, 0.2) is 12.1 Å². The fourth-order valence-electron chi connectivity index (χ4n) is 0.728. The predicted molar refractivity (Wildman–Crippen MR) is 44.8 cm³/mol. The molecule has 0 fully saturated rings. The molecular weight excluding hydrogens is 255 g/mol. The van der Waals surface area contributed by atoms with Gasteiger partial charge in [0.1, 0.15) is 0 Å². The van der Waals surface area contributed by atoms with E-state index in [2.05, 4.69) is 12.6 Å². The Hall–Kier alpha value is 0.566. The van der Waals surface area contributed by atoms with Gasteiger partial charge in [-0.3, -0.25) is 4.79 Å². The van der Waals surface area contributed by atoms with Gasteiger partial charge in [0.15, 0.2) is 17.2 Å². The molecule has 4 nitrogen and oxygen atoms in total. The normalized spacial score (nSPS) is 8.36. The number of rotatable bonds is 1. The maximum absolute atomic E-state index is 10.6. The van der Waals surface area contributed by atoms with Gasteiger partial charge in [-0.25, -0.2) is 0 Å². The first-order valence-corrected chi connectivity index (χ1v) is 3.45. The topological polar surface area (TPSA) is 77.8 Å². The summed E-state index contributed by atoms with van der Waals surface area (Å²) in [6.07, 6.45) is 0. The molecule has 72 valence electrons. The van der Waals surface area contributed by atoms with Gasteiger partial charge < -0.3 is 27.7 Å². The van der Waals surface area contributed by atoms with E-state index in [1.165, 1.54) is 0 Å². The molecule has 7 heteroatoms. The van der Waals surface area contributed by atoms with E-state index in [1.54, 1.807) is 0 Å². The fourth-order valence-corrected chi connectivity index (χ4v) is 0.857. The van der Waals surface area contributed by atoms with Crippen LogP contribution in [0.4, 0.5) is 0 Å². The van der Waals surface area contributed by atoms with Crippen molar-refractivity contribution in [3.05, 3.63) is 17.7 Å². The van der Waals surface area contributed by atoms with Gasteiger partial charge in [-0.15, -0.1) is 12.6 Å². The van der Waals surface area contributed by atoms with Crippen molar-refractivity contribution in [2.24, 2.45) is 0 Å². The van der Waals surface area contributed by atoms with Crippen molar-refractivity contribution < 1.29 is 83.9 Å². The molecule has 0 radical (unpaired) electrons. The molecule has 0 heterocycles. The van der Waals surface area contributed by atoms with Gasteiger partial charge in [-0.1, -0.05) is 0 Å². The van der Waals surface area contributed by atoms with Crippen LogP contribution < -0.4 is 63.8 Å². The third-order valence-corrected chi connectivity index (χ3v) is 1.57. The van der Waals surface area contributed by atoms with Crippen LogP contribution in [-0.4, -0.2) is 20.4 Å². The third-order valence-electron chi connectivity index (χ3n) is 1.32. The summed E-state index contributed by atoms with van der Waals surface area (Å²) < 4.78 is 0. The van der Waals surface area contributed by atoms with E-state index in [0.717, 1.165) is 12.1 Å². The molecule has 0 bridgehead atoms. The van der Waals surface area contributed by atoms with Crippen LogP contribution in [0, 0.1) is 0 Å². The molecular formula is C7H6ClKO4S. The summed E-state index contributed by atoms with van der Waals surface area (Å²) in [7, 11) is 0. The predicted octanol–water partition coefficient (Wildman–Crippen LogP) is -5.12. The summed E-state index contributed by atoms with van der Waals surface area (Å²) in [5.41, 5.74) is 0.0196. The summed E-state index contributed by atoms with van der Waals surface area (Å²) in [5, 5.41) is 26.1. The maximum atomic E-state index is 10.6. The van der Waals surface area contributed by atoms with Gasteiger partial charge in [0.05, 0.1) is 0 Å². The van der Waals surface area contributed by atoms with E-state index in [0.29, 0.717) is 0 Å². The number of thiol groups is 1. The standard InChI is InChI=1S/C7H6O4S.ClH.K/c8-4-1-3(7(11)12)2-5(9)6(4)10;;/h1-2,8-10H,(H,11,12);1H;/q;;+1/p-1. The minimum absolute atomic E-state index is 0. The number of carbonyl (C=O) groups is 1. The molecule has 1 rings (SSSR count). The first-order chi connectivity index (χ1) is 5.52.